The smallest absolute Gasteiger partial charge is 0.269 e. The highest BCUT2D eigenvalue weighted by Crippen LogP contribution is 2.19. The van der Waals surface area contributed by atoms with E-state index >= 15 is 0 Å². The fourth-order valence-electron chi connectivity index (χ4n) is 3.12. The Labute approximate surface area is 156 Å². The molecule has 0 spiro atoms. The summed E-state index contributed by atoms with van der Waals surface area (Å²) in [6, 6.07) is 15.4. The van der Waals surface area contributed by atoms with Crippen molar-refractivity contribution in [3.63, 3.8) is 0 Å². The summed E-state index contributed by atoms with van der Waals surface area (Å²) in [4.78, 5) is 25.6. The van der Waals surface area contributed by atoms with Crippen LogP contribution in [0.3, 0.4) is 0 Å². The van der Waals surface area contributed by atoms with Crippen LogP contribution in [-0.4, -0.2) is 34.8 Å². The first-order valence-corrected chi connectivity index (χ1v) is 8.79. The van der Waals surface area contributed by atoms with Crippen molar-refractivity contribution < 1.29 is 14.4 Å². The number of para-hydroxylation sites is 3. The molecule has 0 unspecified atom stereocenters. The molecule has 1 aromatic heterocycles. The number of aromatic nitrogens is 2. The molecule has 0 saturated carbocycles. The summed E-state index contributed by atoms with van der Waals surface area (Å²) in [5.74, 6) is 1.34. The zero-order valence-electron chi connectivity index (χ0n) is 14.9. The number of hydrogen-bond acceptors (Lipinski definition) is 5. The molecule has 0 fully saturated rings. The zero-order valence-corrected chi connectivity index (χ0v) is 14.9. The minimum Gasteiger partial charge on any atom is -0.496 e. The van der Waals surface area contributed by atoms with Gasteiger partial charge in [0.05, 0.1) is 18.1 Å². The van der Waals surface area contributed by atoms with Crippen LogP contribution >= 0.6 is 0 Å². The van der Waals surface area contributed by atoms with E-state index in [2.05, 4.69) is 20.4 Å². The number of amides is 1. The molecule has 2 heterocycles. The Balaban J connectivity index is 1.32. The van der Waals surface area contributed by atoms with Gasteiger partial charge in [-0.2, -0.15) is 0 Å². The van der Waals surface area contributed by atoms with Gasteiger partial charge in [-0.15, -0.1) is 0 Å². The molecule has 0 saturated heterocycles. The fraction of sp³-hybridized carbons (Fsp3) is 0.250. The topological polar surface area (TPSA) is 88.6 Å². The number of rotatable bonds is 6. The van der Waals surface area contributed by atoms with Gasteiger partial charge in [0.2, 0.25) is 0 Å². The first-order valence-electron chi connectivity index (χ1n) is 8.79. The van der Waals surface area contributed by atoms with Crippen LogP contribution in [0, 0.1) is 0 Å². The number of ether oxygens (including phenoxy) is 1. The maximum absolute atomic E-state index is 12.4. The van der Waals surface area contributed by atoms with Crippen LogP contribution in [-0.2, 0) is 22.6 Å². The molecule has 1 aliphatic rings. The van der Waals surface area contributed by atoms with Crippen molar-refractivity contribution in [3.8, 4) is 5.75 Å². The van der Waals surface area contributed by atoms with Crippen LogP contribution in [0.5, 0.6) is 5.75 Å². The summed E-state index contributed by atoms with van der Waals surface area (Å²) < 4.78 is 5.29. The van der Waals surface area contributed by atoms with Crippen molar-refractivity contribution in [2.75, 3.05) is 7.11 Å². The van der Waals surface area contributed by atoms with Crippen LogP contribution in [0.2, 0.25) is 0 Å². The standard InChI is InChI=1S/C20H20N4O3/c1-26-18-9-5-2-6-13(18)12-21-20(25)17-10-14(27-24-17)11-19-22-15-7-3-4-8-16(15)23-19/h2-9,14H,10-12H2,1H3,(H,21,25)(H,22,23)/t14-/m1/s1. The highest BCUT2D eigenvalue weighted by molar-refractivity contribution is 6.39. The lowest BCUT2D eigenvalue weighted by Crippen LogP contribution is -2.30. The molecule has 1 atom stereocenters. The van der Waals surface area contributed by atoms with Crippen molar-refractivity contribution >= 4 is 22.7 Å². The van der Waals surface area contributed by atoms with Gasteiger partial charge in [0.25, 0.3) is 5.91 Å². The van der Waals surface area contributed by atoms with E-state index in [-0.39, 0.29) is 12.0 Å². The van der Waals surface area contributed by atoms with Crippen LogP contribution in [0.25, 0.3) is 11.0 Å². The number of imidazole rings is 1. The predicted octanol–water partition coefficient (Wildman–Crippen LogP) is 2.58. The van der Waals surface area contributed by atoms with Gasteiger partial charge in [-0.3, -0.25) is 4.79 Å². The third-order valence-electron chi connectivity index (χ3n) is 4.49. The Hall–Kier alpha value is -3.35. The zero-order chi connectivity index (χ0) is 18.6. The second kappa shape index (κ2) is 7.49. The van der Waals surface area contributed by atoms with Crippen LogP contribution < -0.4 is 10.1 Å². The number of aromatic amines is 1. The molecule has 7 nitrogen and oxygen atoms in total. The Kier molecular flexibility index (Phi) is 4.74. The number of carbonyl (C=O) groups excluding carboxylic acids is 1. The molecule has 3 aromatic rings. The number of fused-ring (bicyclic) bond motifs is 1. The lowest BCUT2D eigenvalue weighted by atomic mass is 10.1. The molecule has 0 radical (unpaired) electrons. The second-order valence-electron chi connectivity index (χ2n) is 6.37. The lowest BCUT2D eigenvalue weighted by molar-refractivity contribution is -0.115. The van der Waals surface area contributed by atoms with E-state index in [1.54, 1.807) is 7.11 Å². The monoisotopic (exact) mass is 364 g/mol. The van der Waals surface area contributed by atoms with E-state index in [1.807, 2.05) is 48.5 Å². The maximum atomic E-state index is 12.4. The quantitative estimate of drug-likeness (QED) is 0.704. The van der Waals surface area contributed by atoms with Crippen molar-refractivity contribution in [3.05, 3.63) is 59.9 Å². The van der Waals surface area contributed by atoms with E-state index < -0.39 is 0 Å². The number of methoxy groups -OCH3 is 1. The third kappa shape index (κ3) is 3.76. The average Bonchev–Trinajstić information content (AvgIpc) is 3.33. The van der Waals surface area contributed by atoms with E-state index in [0.717, 1.165) is 28.2 Å². The second-order valence-corrected chi connectivity index (χ2v) is 6.37. The largest absolute Gasteiger partial charge is 0.496 e. The summed E-state index contributed by atoms with van der Waals surface area (Å²) in [7, 11) is 1.61. The molecule has 138 valence electrons. The Morgan fingerprint density at radius 2 is 2.07 bits per heavy atom. The number of H-pyrrole nitrogens is 1. The first-order chi connectivity index (χ1) is 13.2. The van der Waals surface area contributed by atoms with Gasteiger partial charge in [0.15, 0.2) is 0 Å². The Morgan fingerprint density at radius 3 is 2.93 bits per heavy atom. The highest BCUT2D eigenvalue weighted by Gasteiger charge is 2.27. The number of oxime groups is 1. The summed E-state index contributed by atoms with van der Waals surface area (Å²) in [5.41, 5.74) is 3.21. The SMILES string of the molecule is COc1ccccc1CNC(=O)C1=NO[C@@H](Cc2nc3ccccc3[nH]2)C1. The fourth-order valence-corrected chi connectivity index (χ4v) is 3.12. The molecule has 1 aliphatic heterocycles. The van der Waals surface area contributed by atoms with E-state index in [1.165, 1.54) is 0 Å². The van der Waals surface area contributed by atoms with Gasteiger partial charge in [0.1, 0.15) is 23.4 Å². The Morgan fingerprint density at radius 1 is 1.26 bits per heavy atom. The minimum atomic E-state index is -0.229. The van der Waals surface area contributed by atoms with Crippen molar-refractivity contribution in [1.29, 1.82) is 0 Å². The lowest BCUT2D eigenvalue weighted by Gasteiger charge is -2.09. The van der Waals surface area contributed by atoms with Gasteiger partial charge < -0.3 is 19.9 Å². The van der Waals surface area contributed by atoms with E-state index in [0.29, 0.717) is 25.1 Å². The van der Waals surface area contributed by atoms with Gasteiger partial charge in [-0.25, -0.2) is 4.98 Å². The van der Waals surface area contributed by atoms with Crippen LogP contribution in [0.15, 0.2) is 53.7 Å². The summed E-state index contributed by atoms with van der Waals surface area (Å²) in [6.45, 7) is 0.371. The molecular formula is C20H20N4O3. The van der Waals surface area contributed by atoms with Crippen molar-refractivity contribution in [2.24, 2.45) is 5.16 Å². The van der Waals surface area contributed by atoms with E-state index in [9.17, 15) is 4.79 Å². The average molecular weight is 364 g/mol. The molecule has 2 aromatic carbocycles. The minimum absolute atomic E-state index is 0.197. The molecule has 0 aliphatic carbocycles. The van der Waals surface area contributed by atoms with Crippen LogP contribution in [0.1, 0.15) is 17.8 Å². The van der Waals surface area contributed by atoms with Crippen molar-refractivity contribution in [1.82, 2.24) is 15.3 Å². The molecule has 7 heteroatoms. The number of nitrogens with one attached hydrogen (secondary N) is 2. The molecule has 2 N–H and O–H groups in total. The number of benzene rings is 2. The summed E-state index contributed by atoms with van der Waals surface area (Å²) >= 11 is 0. The molecule has 27 heavy (non-hydrogen) atoms. The maximum Gasteiger partial charge on any atom is 0.269 e. The number of nitrogens with zero attached hydrogens (tertiary/aromatic N) is 2. The van der Waals surface area contributed by atoms with Crippen LogP contribution in [0.4, 0.5) is 0 Å². The molecular weight excluding hydrogens is 344 g/mol. The predicted molar refractivity (Wildman–Crippen MR) is 102 cm³/mol. The molecule has 1 amide bonds. The van der Waals surface area contributed by atoms with Gasteiger partial charge in [-0.1, -0.05) is 35.5 Å². The normalized spacial score (nSPS) is 16.0. The van der Waals surface area contributed by atoms with E-state index in [4.69, 9.17) is 9.57 Å². The number of carbonyl (C=O) groups is 1. The Bertz CT molecular complexity index is 963. The molecule has 0 bridgehead atoms. The summed E-state index contributed by atoms with van der Waals surface area (Å²) in [6.07, 6.45) is 0.827. The first kappa shape index (κ1) is 17.1. The number of hydrogen-bond donors (Lipinski definition) is 2. The highest BCUT2D eigenvalue weighted by atomic mass is 16.6. The third-order valence-corrected chi connectivity index (χ3v) is 4.49. The molecule has 4 rings (SSSR count). The van der Waals surface area contributed by atoms with Crippen molar-refractivity contribution in [2.45, 2.75) is 25.5 Å². The summed E-state index contributed by atoms with van der Waals surface area (Å²) in [5, 5.41) is 6.82. The van der Waals surface area contributed by atoms with Gasteiger partial charge in [0, 0.05) is 24.9 Å². The van der Waals surface area contributed by atoms with Gasteiger partial charge >= 0.3 is 0 Å². The van der Waals surface area contributed by atoms with Gasteiger partial charge in [-0.05, 0) is 18.2 Å².